The lowest BCUT2D eigenvalue weighted by atomic mass is 10.1. The van der Waals surface area contributed by atoms with E-state index >= 15 is 0 Å². The number of non-ortho nitro benzene ring substituents is 1. The number of nitro groups is 1. The van der Waals surface area contributed by atoms with Gasteiger partial charge in [-0.2, -0.15) is 0 Å². The topological polar surface area (TPSA) is 90.4 Å². The number of hydrogen-bond donors (Lipinski definition) is 1. The highest BCUT2D eigenvalue weighted by Gasteiger charge is 2.16. The summed E-state index contributed by atoms with van der Waals surface area (Å²) >= 11 is 0. The number of nitrogens with zero attached hydrogens (tertiary/aromatic N) is 3. The molecule has 0 fully saturated rings. The summed E-state index contributed by atoms with van der Waals surface area (Å²) in [7, 11) is 0. The summed E-state index contributed by atoms with van der Waals surface area (Å²) in [5.41, 5.74) is 0.312. The minimum atomic E-state index is -0.856. The lowest BCUT2D eigenvalue weighted by Crippen LogP contribution is -2.07. The third-order valence-electron chi connectivity index (χ3n) is 3.15. The number of nitro benzene ring substituents is 1. The maximum atomic E-state index is 10.8. The maximum Gasteiger partial charge on any atom is 0.270 e. The Morgan fingerprint density at radius 1 is 1.52 bits per heavy atom. The molecular formula is C14H17N3O4. The molecule has 0 saturated heterocycles. The van der Waals surface area contributed by atoms with Gasteiger partial charge in [-0.15, -0.1) is 0 Å². The van der Waals surface area contributed by atoms with E-state index in [1.165, 1.54) is 18.2 Å². The van der Waals surface area contributed by atoms with Crippen LogP contribution in [0.2, 0.25) is 0 Å². The number of benzene rings is 1. The molecule has 1 atom stereocenters. The molecule has 0 amide bonds. The molecule has 0 saturated carbocycles. The lowest BCUT2D eigenvalue weighted by molar-refractivity contribution is -0.385. The zero-order valence-corrected chi connectivity index (χ0v) is 11.9. The smallest absolute Gasteiger partial charge is 0.270 e. The number of rotatable bonds is 6. The van der Waals surface area contributed by atoms with E-state index in [2.05, 4.69) is 4.98 Å². The van der Waals surface area contributed by atoms with Gasteiger partial charge in [-0.25, -0.2) is 4.98 Å². The van der Waals surface area contributed by atoms with Crippen molar-refractivity contribution in [2.24, 2.45) is 0 Å². The summed E-state index contributed by atoms with van der Waals surface area (Å²) in [5, 5.41) is 20.5. The molecule has 0 aliphatic rings. The molecule has 0 bridgehead atoms. The highest BCUT2D eigenvalue weighted by molar-refractivity contribution is 5.44. The number of aryl methyl sites for hydroxylation is 1. The van der Waals surface area contributed by atoms with Crippen LogP contribution in [-0.4, -0.2) is 19.6 Å². The minimum absolute atomic E-state index is 0.0756. The van der Waals surface area contributed by atoms with E-state index in [9.17, 15) is 15.2 Å². The molecule has 0 radical (unpaired) electrons. The maximum absolute atomic E-state index is 10.8. The SMILES string of the molecule is CCn1ccnc1COc1ccc([N+](=O)[O-])cc1[C@@H](C)O. The molecule has 7 nitrogen and oxygen atoms in total. The highest BCUT2D eigenvalue weighted by atomic mass is 16.6. The van der Waals surface area contributed by atoms with Crippen LogP contribution in [0.25, 0.3) is 0 Å². The molecule has 112 valence electrons. The van der Waals surface area contributed by atoms with E-state index in [0.29, 0.717) is 11.3 Å². The Kier molecular flexibility index (Phi) is 4.54. The molecule has 0 spiro atoms. The van der Waals surface area contributed by atoms with E-state index in [1.807, 2.05) is 17.7 Å². The Bertz CT molecular complexity index is 637. The zero-order valence-electron chi connectivity index (χ0n) is 11.9. The molecule has 0 aliphatic carbocycles. The molecule has 2 aromatic rings. The fraction of sp³-hybridized carbons (Fsp3) is 0.357. The van der Waals surface area contributed by atoms with Gasteiger partial charge in [0.05, 0.1) is 11.0 Å². The molecular weight excluding hydrogens is 274 g/mol. The van der Waals surface area contributed by atoms with Gasteiger partial charge < -0.3 is 14.4 Å². The Labute approximate surface area is 122 Å². The first-order valence-electron chi connectivity index (χ1n) is 6.62. The molecule has 1 heterocycles. The van der Waals surface area contributed by atoms with Gasteiger partial charge in [-0.3, -0.25) is 10.1 Å². The Balaban J connectivity index is 2.21. The summed E-state index contributed by atoms with van der Waals surface area (Å²) in [4.78, 5) is 14.5. The number of hydrogen-bond acceptors (Lipinski definition) is 5. The molecule has 1 aromatic carbocycles. The largest absolute Gasteiger partial charge is 0.485 e. The van der Waals surface area contributed by atoms with Crippen molar-refractivity contribution >= 4 is 5.69 Å². The number of aliphatic hydroxyl groups excluding tert-OH is 1. The summed E-state index contributed by atoms with van der Waals surface area (Å²) in [6, 6.07) is 4.18. The first-order chi connectivity index (χ1) is 10.0. The summed E-state index contributed by atoms with van der Waals surface area (Å²) in [5.74, 6) is 1.17. The van der Waals surface area contributed by atoms with Crippen molar-refractivity contribution in [1.82, 2.24) is 9.55 Å². The Hall–Kier alpha value is -2.41. The van der Waals surface area contributed by atoms with Crippen molar-refractivity contribution in [3.63, 3.8) is 0 Å². The molecule has 0 aliphatic heterocycles. The Morgan fingerprint density at radius 2 is 2.29 bits per heavy atom. The van der Waals surface area contributed by atoms with Crippen LogP contribution >= 0.6 is 0 Å². The van der Waals surface area contributed by atoms with Crippen LogP contribution < -0.4 is 4.74 Å². The quantitative estimate of drug-likeness (QED) is 0.652. The van der Waals surface area contributed by atoms with E-state index in [-0.39, 0.29) is 12.3 Å². The molecule has 1 aromatic heterocycles. The summed E-state index contributed by atoms with van der Waals surface area (Å²) in [6.07, 6.45) is 2.68. The molecule has 21 heavy (non-hydrogen) atoms. The van der Waals surface area contributed by atoms with Crippen molar-refractivity contribution < 1.29 is 14.8 Å². The van der Waals surface area contributed by atoms with Crippen molar-refractivity contribution in [2.45, 2.75) is 33.1 Å². The van der Waals surface area contributed by atoms with Gasteiger partial charge in [0.1, 0.15) is 18.2 Å². The Morgan fingerprint density at radius 3 is 2.90 bits per heavy atom. The van der Waals surface area contributed by atoms with Gasteiger partial charge in [0.15, 0.2) is 0 Å². The van der Waals surface area contributed by atoms with Gasteiger partial charge in [0, 0.05) is 36.6 Å². The highest BCUT2D eigenvalue weighted by Crippen LogP contribution is 2.29. The first kappa shape index (κ1) is 15.0. The normalized spacial score (nSPS) is 12.1. The van der Waals surface area contributed by atoms with Gasteiger partial charge in [0.2, 0.25) is 0 Å². The second-order valence-corrected chi connectivity index (χ2v) is 4.57. The van der Waals surface area contributed by atoms with Crippen molar-refractivity contribution in [2.75, 3.05) is 0 Å². The molecule has 1 N–H and O–H groups in total. The predicted molar refractivity (Wildman–Crippen MR) is 76.0 cm³/mol. The molecule has 0 unspecified atom stereocenters. The van der Waals surface area contributed by atoms with Gasteiger partial charge in [-0.05, 0) is 19.9 Å². The number of aromatic nitrogens is 2. The van der Waals surface area contributed by atoms with Crippen LogP contribution in [0.3, 0.4) is 0 Å². The number of ether oxygens (including phenoxy) is 1. The van der Waals surface area contributed by atoms with Crippen molar-refractivity contribution in [1.29, 1.82) is 0 Å². The average Bonchev–Trinajstić information content (AvgIpc) is 2.92. The van der Waals surface area contributed by atoms with Crippen molar-refractivity contribution in [3.05, 3.63) is 52.1 Å². The van der Waals surface area contributed by atoms with Gasteiger partial charge in [0.25, 0.3) is 5.69 Å². The number of imidazole rings is 1. The van der Waals surface area contributed by atoms with Crippen LogP contribution in [-0.2, 0) is 13.2 Å². The van der Waals surface area contributed by atoms with Gasteiger partial charge in [-0.1, -0.05) is 0 Å². The second-order valence-electron chi connectivity index (χ2n) is 4.57. The van der Waals surface area contributed by atoms with E-state index in [0.717, 1.165) is 12.4 Å². The van der Waals surface area contributed by atoms with Crippen LogP contribution in [0.5, 0.6) is 5.75 Å². The third kappa shape index (κ3) is 3.38. The summed E-state index contributed by atoms with van der Waals surface area (Å²) < 4.78 is 7.59. The van der Waals surface area contributed by atoms with Crippen LogP contribution in [0.4, 0.5) is 5.69 Å². The molecule has 7 heteroatoms. The van der Waals surface area contributed by atoms with Crippen molar-refractivity contribution in [3.8, 4) is 5.75 Å². The zero-order chi connectivity index (χ0) is 15.4. The third-order valence-corrected chi connectivity index (χ3v) is 3.15. The standard InChI is InChI=1S/C14H17N3O4/c1-3-16-7-6-15-14(16)9-21-13-5-4-11(17(19)20)8-12(13)10(2)18/h4-8,10,18H,3,9H2,1-2H3/t10-/m1/s1. The van der Waals surface area contributed by atoms with Gasteiger partial charge >= 0.3 is 0 Å². The van der Waals surface area contributed by atoms with Crippen LogP contribution in [0.15, 0.2) is 30.6 Å². The summed E-state index contributed by atoms with van der Waals surface area (Å²) in [6.45, 7) is 4.55. The first-order valence-corrected chi connectivity index (χ1v) is 6.62. The van der Waals surface area contributed by atoms with Crippen LogP contribution in [0.1, 0.15) is 31.3 Å². The average molecular weight is 291 g/mol. The molecule has 2 rings (SSSR count). The fourth-order valence-corrected chi connectivity index (χ4v) is 2.02. The number of aliphatic hydroxyl groups is 1. The van der Waals surface area contributed by atoms with E-state index in [4.69, 9.17) is 4.74 Å². The lowest BCUT2D eigenvalue weighted by Gasteiger charge is -2.13. The van der Waals surface area contributed by atoms with E-state index in [1.54, 1.807) is 13.1 Å². The fourth-order valence-electron chi connectivity index (χ4n) is 2.02. The second kappa shape index (κ2) is 6.36. The predicted octanol–water partition coefficient (Wildman–Crippen LogP) is 2.44. The van der Waals surface area contributed by atoms with E-state index < -0.39 is 11.0 Å². The minimum Gasteiger partial charge on any atom is -0.485 e. The monoisotopic (exact) mass is 291 g/mol. The van der Waals surface area contributed by atoms with Crippen LogP contribution in [0, 0.1) is 10.1 Å².